The van der Waals surface area contributed by atoms with E-state index in [1.807, 2.05) is 41.8 Å². The first-order valence-electron chi connectivity index (χ1n) is 12.1. The molecule has 3 aromatic heterocycles. The Morgan fingerprint density at radius 1 is 1.06 bits per heavy atom. The van der Waals surface area contributed by atoms with Gasteiger partial charge in [0.15, 0.2) is 5.82 Å². The van der Waals surface area contributed by atoms with Gasteiger partial charge in [-0.1, -0.05) is 25.1 Å². The summed E-state index contributed by atoms with van der Waals surface area (Å²) in [6.45, 7) is 6.49. The number of nitrogens with zero attached hydrogens (tertiary/aromatic N) is 5. The number of hydrogen-bond acceptors (Lipinski definition) is 6. The van der Waals surface area contributed by atoms with Gasteiger partial charge in [0.05, 0.1) is 5.39 Å². The summed E-state index contributed by atoms with van der Waals surface area (Å²) in [5.74, 6) is 2.40. The van der Waals surface area contributed by atoms with Gasteiger partial charge < -0.3 is 4.90 Å². The molecule has 0 saturated carbocycles. The van der Waals surface area contributed by atoms with Crippen LogP contribution in [0.2, 0.25) is 0 Å². The second kappa shape index (κ2) is 9.04. The predicted octanol–water partition coefficient (Wildman–Crippen LogP) is 5.34. The fourth-order valence-electron chi connectivity index (χ4n) is 5.16. The van der Waals surface area contributed by atoms with Crippen molar-refractivity contribution in [3.63, 3.8) is 0 Å². The summed E-state index contributed by atoms with van der Waals surface area (Å²) >= 11 is 1.84. The summed E-state index contributed by atoms with van der Waals surface area (Å²) < 4.78 is 14.2. The lowest BCUT2D eigenvalue weighted by Gasteiger charge is -2.36. The van der Waals surface area contributed by atoms with Crippen LogP contribution in [-0.2, 0) is 19.4 Å². The number of fused-ring (bicyclic) bond motifs is 3. The third-order valence-electron chi connectivity index (χ3n) is 7.08. The van der Waals surface area contributed by atoms with E-state index in [0.717, 1.165) is 72.5 Å². The molecule has 0 amide bonds. The Morgan fingerprint density at radius 3 is 2.71 bits per heavy atom. The molecule has 0 bridgehead atoms. The van der Waals surface area contributed by atoms with Gasteiger partial charge in [-0.15, -0.1) is 11.3 Å². The van der Waals surface area contributed by atoms with E-state index in [1.54, 1.807) is 18.3 Å². The van der Waals surface area contributed by atoms with Crippen molar-refractivity contribution in [2.75, 3.05) is 31.1 Å². The molecule has 7 heteroatoms. The zero-order valence-electron chi connectivity index (χ0n) is 19.4. The zero-order chi connectivity index (χ0) is 23.1. The number of anilines is 1. The zero-order valence-corrected chi connectivity index (χ0v) is 20.2. The molecule has 174 valence electrons. The maximum atomic E-state index is 14.2. The van der Waals surface area contributed by atoms with E-state index in [9.17, 15) is 4.39 Å². The van der Waals surface area contributed by atoms with Gasteiger partial charge in [0.2, 0.25) is 0 Å². The molecule has 2 aliphatic rings. The molecule has 4 heterocycles. The molecule has 1 aliphatic carbocycles. The summed E-state index contributed by atoms with van der Waals surface area (Å²) in [5.41, 5.74) is 3.17. The summed E-state index contributed by atoms with van der Waals surface area (Å²) in [5, 5.41) is 1.25. The van der Waals surface area contributed by atoms with Crippen LogP contribution in [0.4, 0.5) is 10.2 Å². The van der Waals surface area contributed by atoms with Crippen LogP contribution in [-0.4, -0.2) is 46.0 Å². The minimum atomic E-state index is -0.123. The minimum absolute atomic E-state index is 0.123. The quantitative estimate of drug-likeness (QED) is 0.400. The van der Waals surface area contributed by atoms with Crippen LogP contribution in [0.5, 0.6) is 0 Å². The molecule has 34 heavy (non-hydrogen) atoms. The van der Waals surface area contributed by atoms with Crippen molar-refractivity contribution < 1.29 is 4.39 Å². The van der Waals surface area contributed by atoms with Crippen molar-refractivity contribution in [2.45, 2.75) is 32.7 Å². The average Bonchev–Trinajstić information content (AvgIpc) is 3.23. The number of pyridine rings is 1. The largest absolute Gasteiger partial charge is 0.353 e. The van der Waals surface area contributed by atoms with Crippen LogP contribution in [0, 0.1) is 11.7 Å². The minimum Gasteiger partial charge on any atom is -0.353 e. The average molecular weight is 474 g/mol. The molecule has 6 rings (SSSR count). The second-order valence-corrected chi connectivity index (χ2v) is 10.6. The Kier molecular flexibility index (Phi) is 5.75. The number of piperazine rings is 1. The van der Waals surface area contributed by atoms with Crippen molar-refractivity contribution in [1.29, 1.82) is 0 Å². The summed E-state index contributed by atoms with van der Waals surface area (Å²) in [6.07, 6.45) is 7.08. The number of halogens is 1. The van der Waals surface area contributed by atoms with Gasteiger partial charge in [0.1, 0.15) is 16.5 Å². The van der Waals surface area contributed by atoms with Gasteiger partial charge in [0.25, 0.3) is 0 Å². The van der Waals surface area contributed by atoms with Gasteiger partial charge >= 0.3 is 0 Å². The molecule has 0 N–H and O–H groups in total. The van der Waals surface area contributed by atoms with Crippen LogP contribution in [0.25, 0.3) is 21.6 Å². The van der Waals surface area contributed by atoms with E-state index in [2.05, 4.69) is 21.7 Å². The van der Waals surface area contributed by atoms with Crippen molar-refractivity contribution in [1.82, 2.24) is 19.9 Å². The number of hydrogen-bond donors (Lipinski definition) is 0. The maximum absolute atomic E-state index is 14.2. The third-order valence-corrected chi connectivity index (χ3v) is 8.23. The number of thiophene rings is 1. The van der Waals surface area contributed by atoms with Crippen molar-refractivity contribution in [3.8, 4) is 11.4 Å². The van der Waals surface area contributed by atoms with E-state index in [0.29, 0.717) is 6.54 Å². The Hall–Kier alpha value is -2.90. The van der Waals surface area contributed by atoms with E-state index >= 15 is 0 Å². The van der Waals surface area contributed by atoms with E-state index < -0.39 is 0 Å². The van der Waals surface area contributed by atoms with Gasteiger partial charge in [0, 0.05) is 61.1 Å². The monoisotopic (exact) mass is 473 g/mol. The summed E-state index contributed by atoms with van der Waals surface area (Å²) in [4.78, 5) is 21.7. The third kappa shape index (κ3) is 4.07. The normalized spacial score (nSPS) is 18.9. The lowest BCUT2D eigenvalue weighted by Crippen LogP contribution is -2.46. The fraction of sp³-hybridized carbons (Fsp3) is 0.370. The highest BCUT2D eigenvalue weighted by atomic mass is 32.1. The molecule has 1 aromatic carbocycles. The molecule has 4 aromatic rings. The topological polar surface area (TPSA) is 45.2 Å². The Bertz CT molecular complexity index is 1310. The molecule has 1 saturated heterocycles. The smallest absolute Gasteiger partial charge is 0.164 e. The Balaban J connectivity index is 1.33. The highest BCUT2D eigenvalue weighted by Gasteiger charge is 2.28. The van der Waals surface area contributed by atoms with Crippen LogP contribution in [0.15, 0.2) is 48.8 Å². The van der Waals surface area contributed by atoms with Crippen LogP contribution >= 0.6 is 11.3 Å². The molecule has 1 atom stereocenters. The number of benzene rings is 1. The lowest BCUT2D eigenvalue weighted by atomic mass is 9.89. The second-order valence-electron chi connectivity index (χ2n) is 9.50. The van der Waals surface area contributed by atoms with Gasteiger partial charge in [-0.25, -0.2) is 14.4 Å². The molecule has 0 unspecified atom stereocenters. The standard InChI is InChI=1S/C27H28FN5S/c1-18-8-9-21-23(15-18)34-27-24(21)26(30-25(31-27)19-6-4-10-29-16-19)33-13-11-32(12-14-33)17-20-5-2-3-7-22(20)28/h2-7,10,16,18H,8-9,11-15,17H2,1H3/t18-/m0/s1. The summed E-state index contributed by atoms with van der Waals surface area (Å²) in [7, 11) is 0. The molecular formula is C27H28FN5S. The van der Waals surface area contributed by atoms with Gasteiger partial charge in [-0.05, 0) is 48.9 Å². The first-order valence-corrected chi connectivity index (χ1v) is 12.9. The van der Waals surface area contributed by atoms with Gasteiger partial charge in [-0.2, -0.15) is 0 Å². The first-order chi connectivity index (χ1) is 16.7. The molecule has 0 spiro atoms. The van der Waals surface area contributed by atoms with E-state index in [-0.39, 0.29) is 5.82 Å². The molecule has 0 radical (unpaired) electrons. The SMILES string of the molecule is C[C@H]1CCc2c(sc3nc(-c4cccnc4)nc(N4CCN(Cc5ccccc5F)CC4)c23)C1. The van der Waals surface area contributed by atoms with Crippen LogP contribution < -0.4 is 4.90 Å². The van der Waals surface area contributed by atoms with Crippen molar-refractivity contribution >= 4 is 27.4 Å². The highest BCUT2D eigenvalue weighted by molar-refractivity contribution is 7.19. The van der Waals surface area contributed by atoms with E-state index in [1.165, 1.54) is 22.2 Å². The van der Waals surface area contributed by atoms with Crippen LogP contribution in [0.3, 0.4) is 0 Å². The predicted molar refractivity (Wildman–Crippen MR) is 136 cm³/mol. The number of aryl methyl sites for hydroxylation is 1. The van der Waals surface area contributed by atoms with Crippen molar-refractivity contribution in [3.05, 3.63) is 70.6 Å². The Labute approximate surface area is 203 Å². The van der Waals surface area contributed by atoms with Crippen LogP contribution in [0.1, 0.15) is 29.3 Å². The van der Waals surface area contributed by atoms with Gasteiger partial charge in [-0.3, -0.25) is 9.88 Å². The molecular weight excluding hydrogens is 445 g/mol. The molecule has 5 nitrogen and oxygen atoms in total. The molecule has 1 aliphatic heterocycles. The van der Waals surface area contributed by atoms with Crippen molar-refractivity contribution in [2.24, 2.45) is 5.92 Å². The highest BCUT2D eigenvalue weighted by Crippen LogP contribution is 2.42. The lowest BCUT2D eigenvalue weighted by molar-refractivity contribution is 0.246. The fourth-order valence-corrected chi connectivity index (χ4v) is 6.54. The maximum Gasteiger partial charge on any atom is 0.164 e. The Morgan fingerprint density at radius 2 is 1.91 bits per heavy atom. The number of rotatable bonds is 4. The summed E-state index contributed by atoms with van der Waals surface area (Å²) in [6, 6.07) is 11.1. The van der Waals surface area contributed by atoms with E-state index in [4.69, 9.17) is 9.97 Å². The first kappa shape index (κ1) is 21.6. The number of aromatic nitrogens is 3. The molecule has 1 fully saturated rings.